The molecule has 0 spiro atoms. The van der Waals surface area contributed by atoms with Crippen LogP contribution in [0.1, 0.15) is 21.5 Å². The average Bonchev–Trinajstić information content (AvgIpc) is 3.30. The van der Waals surface area contributed by atoms with E-state index in [2.05, 4.69) is 20.0 Å². The molecule has 0 aliphatic heterocycles. The highest BCUT2D eigenvalue weighted by Crippen LogP contribution is 2.23. The van der Waals surface area contributed by atoms with E-state index in [4.69, 9.17) is 0 Å². The molecule has 1 aromatic heterocycles. The highest BCUT2D eigenvalue weighted by molar-refractivity contribution is 7.92. The van der Waals surface area contributed by atoms with E-state index >= 15 is 0 Å². The Kier molecular flexibility index (Phi) is 5.79. The Labute approximate surface area is 186 Å². The highest BCUT2D eigenvalue weighted by Gasteiger charge is 2.19. The summed E-state index contributed by atoms with van der Waals surface area (Å²) in [5, 5.41) is 2.84. The number of benzene rings is 3. The molecule has 8 heteroatoms. The monoisotopic (exact) mass is 446 g/mol. The van der Waals surface area contributed by atoms with Crippen molar-refractivity contribution in [2.75, 3.05) is 10.0 Å². The van der Waals surface area contributed by atoms with Crippen molar-refractivity contribution < 1.29 is 13.2 Å². The summed E-state index contributed by atoms with van der Waals surface area (Å²) in [6.45, 7) is 3.59. The van der Waals surface area contributed by atoms with Gasteiger partial charge in [-0.15, -0.1) is 0 Å². The summed E-state index contributed by atoms with van der Waals surface area (Å²) in [4.78, 5) is 20.2. The van der Waals surface area contributed by atoms with Gasteiger partial charge in [0.2, 0.25) is 0 Å². The van der Waals surface area contributed by atoms with Gasteiger partial charge in [0.1, 0.15) is 5.82 Å². The fourth-order valence-corrected chi connectivity index (χ4v) is 4.43. The number of aromatic nitrogens is 2. The molecule has 0 saturated heterocycles. The fourth-order valence-electron chi connectivity index (χ4n) is 3.27. The second kappa shape index (κ2) is 8.68. The number of hydrogen-bond donors (Lipinski definition) is 3. The maximum absolute atomic E-state index is 13.0. The largest absolute Gasteiger partial charge is 0.345 e. The number of para-hydroxylation sites is 1. The van der Waals surface area contributed by atoms with Crippen molar-refractivity contribution >= 4 is 27.3 Å². The lowest BCUT2D eigenvalue weighted by Crippen LogP contribution is -2.17. The van der Waals surface area contributed by atoms with Crippen LogP contribution in [0.5, 0.6) is 0 Å². The minimum atomic E-state index is -3.86. The quantitative estimate of drug-likeness (QED) is 0.398. The van der Waals surface area contributed by atoms with E-state index in [1.807, 2.05) is 31.2 Å². The van der Waals surface area contributed by atoms with Crippen LogP contribution in [0.3, 0.4) is 0 Å². The summed E-state index contributed by atoms with van der Waals surface area (Å²) in [6.07, 6.45) is 3.38. The second-order valence-corrected chi connectivity index (χ2v) is 9.05. The number of nitrogens with one attached hydrogen (secondary N) is 3. The molecule has 3 aromatic carbocycles. The van der Waals surface area contributed by atoms with Gasteiger partial charge >= 0.3 is 0 Å². The van der Waals surface area contributed by atoms with Crippen LogP contribution in [0.15, 0.2) is 84.0 Å². The van der Waals surface area contributed by atoms with Crippen LogP contribution < -0.4 is 10.0 Å². The number of imidazole rings is 1. The predicted octanol–water partition coefficient (Wildman–Crippen LogP) is 4.75. The van der Waals surface area contributed by atoms with Gasteiger partial charge in [-0.05, 0) is 55.3 Å². The van der Waals surface area contributed by atoms with Crippen LogP contribution in [-0.2, 0) is 10.0 Å². The van der Waals surface area contributed by atoms with E-state index in [1.54, 1.807) is 49.6 Å². The zero-order valence-electron chi connectivity index (χ0n) is 17.6. The van der Waals surface area contributed by atoms with E-state index in [0.717, 1.165) is 11.1 Å². The van der Waals surface area contributed by atoms with Crippen LogP contribution >= 0.6 is 0 Å². The molecule has 4 rings (SSSR count). The molecule has 0 saturated carbocycles. The normalized spacial score (nSPS) is 11.2. The van der Waals surface area contributed by atoms with Gasteiger partial charge in [0.15, 0.2) is 0 Å². The molecule has 0 aliphatic rings. The van der Waals surface area contributed by atoms with Gasteiger partial charge in [0.05, 0.1) is 10.6 Å². The van der Waals surface area contributed by atoms with Gasteiger partial charge in [-0.1, -0.05) is 36.4 Å². The molecular weight excluding hydrogens is 424 g/mol. The van der Waals surface area contributed by atoms with Crippen LogP contribution in [-0.4, -0.2) is 24.3 Å². The summed E-state index contributed by atoms with van der Waals surface area (Å²) in [5.74, 6) is 0.291. The Bertz CT molecular complexity index is 1380. The molecule has 1 amide bonds. The van der Waals surface area contributed by atoms with Crippen LogP contribution in [0, 0.1) is 13.8 Å². The van der Waals surface area contributed by atoms with E-state index in [-0.39, 0.29) is 10.5 Å². The number of sulfonamides is 1. The maximum atomic E-state index is 13.0. The number of anilines is 2. The number of carbonyl (C=O) groups excluding carboxylic acids is 1. The van der Waals surface area contributed by atoms with Crippen molar-refractivity contribution in [1.29, 1.82) is 0 Å². The third-order valence-electron chi connectivity index (χ3n) is 5.05. The van der Waals surface area contributed by atoms with Crippen molar-refractivity contribution in [2.45, 2.75) is 18.7 Å². The number of aromatic amines is 1. The minimum absolute atomic E-state index is 0.0147. The summed E-state index contributed by atoms with van der Waals surface area (Å²) < 4.78 is 28.4. The summed E-state index contributed by atoms with van der Waals surface area (Å²) in [7, 11) is -3.86. The van der Waals surface area contributed by atoms with Gasteiger partial charge < -0.3 is 10.3 Å². The Hall–Kier alpha value is -3.91. The number of rotatable bonds is 6. The van der Waals surface area contributed by atoms with Gasteiger partial charge in [0.25, 0.3) is 15.9 Å². The predicted molar refractivity (Wildman–Crippen MR) is 125 cm³/mol. The first-order valence-electron chi connectivity index (χ1n) is 9.94. The molecule has 1 heterocycles. The van der Waals surface area contributed by atoms with Crippen molar-refractivity contribution in [1.82, 2.24) is 9.97 Å². The number of carbonyl (C=O) groups is 1. The summed E-state index contributed by atoms with van der Waals surface area (Å²) in [5.41, 5.74) is 3.64. The molecule has 0 atom stereocenters. The maximum Gasteiger partial charge on any atom is 0.261 e. The molecule has 0 unspecified atom stereocenters. The third-order valence-corrected chi connectivity index (χ3v) is 6.41. The topological polar surface area (TPSA) is 104 Å². The van der Waals surface area contributed by atoms with Crippen LogP contribution in [0.2, 0.25) is 0 Å². The second-order valence-electron chi connectivity index (χ2n) is 7.37. The molecule has 0 fully saturated rings. The number of nitrogens with zero attached hydrogens (tertiary/aromatic N) is 1. The molecule has 0 radical (unpaired) electrons. The van der Waals surface area contributed by atoms with Crippen molar-refractivity contribution in [2.24, 2.45) is 0 Å². The van der Waals surface area contributed by atoms with E-state index in [0.29, 0.717) is 22.8 Å². The molecule has 32 heavy (non-hydrogen) atoms. The number of aryl methyl sites for hydroxylation is 2. The molecular formula is C24H22N4O3S. The lowest BCUT2D eigenvalue weighted by Gasteiger charge is -2.13. The van der Waals surface area contributed by atoms with Gasteiger partial charge in [0, 0.05) is 29.2 Å². The van der Waals surface area contributed by atoms with Crippen molar-refractivity contribution in [3.63, 3.8) is 0 Å². The molecule has 7 nitrogen and oxygen atoms in total. The van der Waals surface area contributed by atoms with Gasteiger partial charge in [-0.25, -0.2) is 13.4 Å². The Morgan fingerprint density at radius 2 is 1.75 bits per heavy atom. The number of H-pyrrole nitrogens is 1. The van der Waals surface area contributed by atoms with Gasteiger partial charge in [-0.3, -0.25) is 9.52 Å². The number of hydrogen-bond acceptors (Lipinski definition) is 4. The van der Waals surface area contributed by atoms with Gasteiger partial charge in [-0.2, -0.15) is 0 Å². The minimum Gasteiger partial charge on any atom is -0.345 e. The van der Waals surface area contributed by atoms with E-state index in [1.165, 1.54) is 12.1 Å². The molecule has 0 aliphatic carbocycles. The SMILES string of the molecule is Cc1ccccc1NS(=O)(=O)c1ccc(C)c(C(=O)Nc2cccc(-c3ncc[nH]3)c2)c1. The Morgan fingerprint density at radius 3 is 2.50 bits per heavy atom. The standard InChI is InChI=1S/C24H22N4O3S/c1-16-10-11-20(32(30,31)28-22-9-4-3-6-17(22)2)15-21(16)24(29)27-19-8-5-7-18(14-19)23-25-12-13-26-23/h3-15,28H,1-2H3,(H,25,26)(H,27,29). The molecule has 162 valence electrons. The van der Waals surface area contributed by atoms with Crippen LogP contribution in [0.25, 0.3) is 11.4 Å². The average molecular weight is 447 g/mol. The Morgan fingerprint density at radius 1 is 0.938 bits per heavy atom. The zero-order valence-corrected chi connectivity index (χ0v) is 18.4. The molecule has 3 N–H and O–H groups in total. The Balaban J connectivity index is 1.59. The highest BCUT2D eigenvalue weighted by atomic mass is 32.2. The smallest absolute Gasteiger partial charge is 0.261 e. The first-order chi connectivity index (χ1) is 15.3. The first-order valence-corrected chi connectivity index (χ1v) is 11.4. The molecule has 0 bridgehead atoms. The molecule has 4 aromatic rings. The first kappa shape index (κ1) is 21.3. The zero-order chi connectivity index (χ0) is 22.7. The third kappa shape index (κ3) is 4.55. The van der Waals surface area contributed by atoms with Crippen molar-refractivity contribution in [3.8, 4) is 11.4 Å². The van der Waals surface area contributed by atoms with Crippen molar-refractivity contribution in [3.05, 3.63) is 95.8 Å². The number of amides is 1. The summed E-state index contributed by atoms with van der Waals surface area (Å²) in [6, 6.07) is 18.9. The fraction of sp³-hybridized carbons (Fsp3) is 0.0833. The van der Waals surface area contributed by atoms with E-state index < -0.39 is 15.9 Å². The summed E-state index contributed by atoms with van der Waals surface area (Å²) >= 11 is 0. The lowest BCUT2D eigenvalue weighted by atomic mass is 10.1. The van der Waals surface area contributed by atoms with Crippen LogP contribution in [0.4, 0.5) is 11.4 Å². The lowest BCUT2D eigenvalue weighted by molar-refractivity contribution is 0.102. The van der Waals surface area contributed by atoms with E-state index in [9.17, 15) is 13.2 Å².